The Morgan fingerprint density at radius 2 is 2.05 bits per heavy atom. The summed E-state index contributed by atoms with van der Waals surface area (Å²) in [5.74, 6) is -0.691. The molecule has 0 aliphatic heterocycles. The van der Waals surface area contributed by atoms with E-state index >= 15 is 0 Å². The number of hydrogen-bond acceptors (Lipinski definition) is 3. The van der Waals surface area contributed by atoms with E-state index in [1.807, 2.05) is 0 Å². The van der Waals surface area contributed by atoms with Crippen molar-refractivity contribution in [2.24, 2.45) is 11.7 Å². The van der Waals surface area contributed by atoms with E-state index in [-0.39, 0.29) is 5.56 Å². The minimum Gasteiger partial charge on any atom is -0.323 e. The Morgan fingerprint density at radius 3 is 2.75 bits per heavy atom. The number of benzene rings is 1. The van der Waals surface area contributed by atoms with Crippen LogP contribution in [0.2, 0.25) is 0 Å². The number of nitrogens with two attached hydrogens (primary N) is 1. The standard InChI is InChI=1S/C14H18F2N4/c1-9(2)7-20-13(18-8-19-20)6-12(17)10-4-3-5-11(15)14(10)16/h3-5,8-9,12H,6-7,17H2,1-2H3. The first-order valence-electron chi connectivity index (χ1n) is 6.55. The van der Waals surface area contributed by atoms with Crippen LogP contribution in [0, 0.1) is 17.6 Å². The van der Waals surface area contributed by atoms with E-state index in [9.17, 15) is 8.78 Å². The van der Waals surface area contributed by atoms with Gasteiger partial charge in [-0.15, -0.1) is 0 Å². The van der Waals surface area contributed by atoms with Crippen LogP contribution in [0.5, 0.6) is 0 Å². The molecule has 0 radical (unpaired) electrons. The van der Waals surface area contributed by atoms with Crippen molar-refractivity contribution in [1.82, 2.24) is 14.8 Å². The normalized spacial score (nSPS) is 12.9. The molecular formula is C14H18F2N4. The van der Waals surface area contributed by atoms with Gasteiger partial charge in [-0.05, 0) is 12.0 Å². The van der Waals surface area contributed by atoms with E-state index in [1.54, 1.807) is 4.68 Å². The zero-order valence-electron chi connectivity index (χ0n) is 11.6. The third kappa shape index (κ3) is 3.19. The smallest absolute Gasteiger partial charge is 0.163 e. The summed E-state index contributed by atoms with van der Waals surface area (Å²) in [6.07, 6.45) is 1.76. The fourth-order valence-corrected chi connectivity index (χ4v) is 2.06. The Labute approximate surface area is 116 Å². The Kier molecular flexibility index (Phi) is 4.44. The van der Waals surface area contributed by atoms with Crippen LogP contribution in [0.4, 0.5) is 8.78 Å². The summed E-state index contributed by atoms with van der Waals surface area (Å²) in [4.78, 5) is 4.14. The molecule has 0 bridgehead atoms. The molecule has 0 saturated carbocycles. The maximum Gasteiger partial charge on any atom is 0.163 e. The summed E-state index contributed by atoms with van der Waals surface area (Å²) >= 11 is 0. The van der Waals surface area contributed by atoms with Crippen LogP contribution in [-0.2, 0) is 13.0 Å². The van der Waals surface area contributed by atoms with Crippen molar-refractivity contribution in [2.75, 3.05) is 0 Å². The molecule has 0 saturated heterocycles. The minimum absolute atomic E-state index is 0.157. The van der Waals surface area contributed by atoms with E-state index in [2.05, 4.69) is 23.9 Å². The SMILES string of the molecule is CC(C)Cn1ncnc1CC(N)c1cccc(F)c1F. The topological polar surface area (TPSA) is 56.7 Å². The first kappa shape index (κ1) is 14.6. The first-order valence-corrected chi connectivity index (χ1v) is 6.55. The molecule has 2 rings (SSSR count). The molecule has 1 aromatic heterocycles. The summed E-state index contributed by atoms with van der Waals surface area (Å²) in [6.45, 7) is 4.85. The summed E-state index contributed by atoms with van der Waals surface area (Å²) in [5, 5.41) is 4.13. The second kappa shape index (κ2) is 6.09. The molecule has 2 aromatic rings. The second-order valence-electron chi connectivity index (χ2n) is 5.21. The number of hydrogen-bond donors (Lipinski definition) is 1. The molecule has 0 amide bonds. The zero-order chi connectivity index (χ0) is 14.7. The maximum absolute atomic E-state index is 13.7. The molecule has 2 N–H and O–H groups in total. The highest BCUT2D eigenvalue weighted by Crippen LogP contribution is 2.20. The number of halogens is 2. The van der Waals surface area contributed by atoms with Gasteiger partial charge in [-0.25, -0.2) is 18.4 Å². The van der Waals surface area contributed by atoms with Crippen LogP contribution in [-0.4, -0.2) is 14.8 Å². The Bertz CT molecular complexity index is 580. The highest BCUT2D eigenvalue weighted by Gasteiger charge is 2.17. The van der Waals surface area contributed by atoms with E-state index in [0.29, 0.717) is 24.7 Å². The highest BCUT2D eigenvalue weighted by atomic mass is 19.2. The Morgan fingerprint density at radius 1 is 1.30 bits per heavy atom. The van der Waals surface area contributed by atoms with Crippen molar-refractivity contribution in [3.05, 3.63) is 47.5 Å². The molecule has 20 heavy (non-hydrogen) atoms. The van der Waals surface area contributed by atoms with E-state index in [0.717, 1.165) is 6.07 Å². The van der Waals surface area contributed by atoms with Gasteiger partial charge in [0.05, 0.1) is 0 Å². The molecule has 0 spiro atoms. The molecule has 1 aromatic carbocycles. The average molecular weight is 280 g/mol. The van der Waals surface area contributed by atoms with Gasteiger partial charge >= 0.3 is 0 Å². The van der Waals surface area contributed by atoms with Gasteiger partial charge in [-0.1, -0.05) is 26.0 Å². The summed E-state index contributed by atoms with van der Waals surface area (Å²) < 4.78 is 28.7. The molecule has 0 fully saturated rings. The van der Waals surface area contributed by atoms with Crippen LogP contribution in [0.3, 0.4) is 0 Å². The maximum atomic E-state index is 13.7. The number of aromatic nitrogens is 3. The summed E-state index contributed by atoms with van der Waals surface area (Å²) in [7, 11) is 0. The third-order valence-electron chi connectivity index (χ3n) is 3.02. The molecule has 0 aliphatic carbocycles. The molecule has 4 nitrogen and oxygen atoms in total. The molecule has 1 unspecified atom stereocenters. The average Bonchev–Trinajstić information content (AvgIpc) is 2.79. The summed E-state index contributed by atoms with van der Waals surface area (Å²) in [6, 6.07) is 3.37. The highest BCUT2D eigenvalue weighted by molar-refractivity contribution is 5.23. The van der Waals surface area contributed by atoms with Crippen molar-refractivity contribution in [2.45, 2.75) is 32.9 Å². The quantitative estimate of drug-likeness (QED) is 0.915. The second-order valence-corrected chi connectivity index (χ2v) is 5.21. The molecule has 1 atom stereocenters. The summed E-state index contributed by atoms with van der Waals surface area (Å²) in [5.41, 5.74) is 6.12. The van der Waals surface area contributed by atoms with Gasteiger partial charge in [0.2, 0.25) is 0 Å². The van der Waals surface area contributed by atoms with Crippen molar-refractivity contribution < 1.29 is 8.78 Å². The zero-order valence-corrected chi connectivity index (χ0v) is 11.6. The van der Waals surface area contributed by atoms with Crippen LogP contribution >= 0.6 is 0 Å². The lowest BCUT2D eigenvalue weighted by Gasteiger charge is -2.14. The van der Waals surface area contributed by atoms with Crippen molar-refractivity contribution >= 4 is 0 Å². The van der Waals surface area contributed by atoms with E-state index < -0.39 is 17.7 Å². The predicted octanol–water partition coefficient (Wildman–Crippen LogP) is 2.45. The van der Waals surface area contributed by atoms with Crippen LogP contribution in [0.1, 0.15) is 31.3 Å². The van der Waals surface area contributed by atoms with Crippen LogP contribution in [0.25, 0.3) is 0 Å². The molecule has 6 heteroatoms. The van der Waals surface area contributed by atoms with Gasteiger partial charge < -0.3 is 5.73 Å². The van der Waals surface area contributed by atoms with E-state index in [1.165, 1.54) is 18.5 Å². The van der Waals surface area contributed by atoms with Gasteiger partial charge in [-0.2, -0.15) is 5.10 Å². The fraction of sp³-hybridized carbons (Fsp3) is 0.429. The first-order chi connectivity index (χ1) is 9.49. The molecule has 1 heterocycles. The largest absolute Gasteiger partial charge is 0.323 e. The number of nitrogens with zero attached hydrogens (tertiary/aromatic N) is 3. The van der Waals surface area contributed by atoms with Crippen molar-refractivity contribution in [3.8, 4) is 0 Å². The minimum atomic E-state index is -0.894. The monoisotopic (exact) mass is 280 g/mol. The third-order valence-corrected chi connectivity index (χ3v) is 3.02. The van der Waals surface area contributed by atoms with Gasteiger partial charge in [0.15, 0.2) is 11.6 Å². The van der Waals surface area contributed by atoms with Gasteiger partial charge in [-0.3, -0.25) is 0 Å². The van der Waals surface area contributed by atoms with Crippen LogP contribution in [0.15, 0.2) is 24.5 Å². The van der Waals surface area contributed by atoms with Gasteiger partial charge in [0.25, 0.3) is 0 Å². The number of rotatable bonds is 5. The molecular weight excluding hydrogens is 262 g/mol. The fourth-order valence-electron chi connectivity index (χ4n) is 2.06. The van der Waals surface area contributed by atoms with Gasteiger partial charge in [0.1, 0.15) is 12.2 Å². The molecule has 108 valence electrons. The molecule has 0 aliphatic rings. The lowest BCUT2D eigenvalue weighted by atomic mass is 10.0. The Hall–Kier alpha value is -1.82. The lowest BCUT2D eigenvalue weighted by Crippen LogP contribution is -2.19. The van der Waals surface area contributed by atoms with Crippen LogP contribution < -0.4 is 5.73 Å². The van der Waals surface area contributed by atoms with Crippen molar-refractivity contribution in [1.29, 1.82) is 0 Å². The van der Waals surface area contributed by atoms with E-state index in [4.69, 9.17) is 5.73 Å². The van der Waals surface area contributed by atoms with Crippen molar-refractivity contribution in [3.63, 3.8) is 0 Å². The van der Waals surface area contributed by atoms with Gasteiger partial charge in [0, 0.05) is 24.6 Å². The predicted molar refractivity (Wildman–Crippen MR) is 71.9 cm³/mol. The lowest BCUT2D eigenvalue weighted by molar-refractivity contribution is 0.453. The Balaban J connectivity index is 2.17.